The van der Waals surface area contributed by atoms with Crippen LogP contribution in [0, 0.1) is 0 Å². The molecule has 0 aromatic heterocycles. The Morgan fingerprint density at radius 3 is 2.57 bits per heavy atom. The highest BCUT2D eigenvalue weighted by Crippen LogP contribution is 2.47. The average Bonchev–Trinajstić information content (AvgIpc) is 3.23. The number of unbranched alkanes of at least 4 members (excludes halogenated alkanes) is 3. The molecule has 0 spiro atoms. The molecule has 35 heavy (non-hydrogen) atoms. The first kappa shape index (κ1) is 26.9. The summed E-state index contributed by atoms with van der Waals surface area (Å²) in [5.41, 5.74) is 1.25. The van der Waals surface area contributed by atoms with Crippen molar-refractivity contribution in [2.75, 3.05) is 19.7 Å². The van der Waals surface area contributed by atoms with Gasteiger partial charge in [-0.1, -0.05) is 44.4 Å². The van der Waals surface area contributed by atoms with E-state index < -0.39 is 24.2 Å². The Bertz CT molecular complexity index is 930. The number of carbonyl (C=O) groups is 3. The van der Waals surface area contributed by atoms with Crippen LogP contribution in [-0.2, 0) is 14.4 Å². The van der Waals surface area contributed by atoms with Crippen LogP contribution in [0.5, 0.6) is 5.75 Å². The minimum absolute atomic E-state index is 0.0349. The third kappa shape index (κ3) is 6.49. The van der Waals surface area contributed by atoms with Crippen LogP contribution in [0.1, 0.15) is 70.3 Å². The summed E-state index contributed by atoms with van der Waals surface area (Å²) >= 11 is 0. The first-order valence-electron chi connectivity index (χ1n) is 12.7. The lowest BCUT2D eigenvalue weighted by Gasteiger charge is -2.41. The Balaban J connectivity index is 1.93. The molecule has 0 saturated heterocycles. The summed E-state index contributed by atoms with van der Waals surface area (Å²) in [6.45, 7) is 3.99. The van der Waals surface area contributed by atoms with Crippen molar-refractivity contribution in [2.45, 2.75) is 83.0 Å². The first-order chi connectivity index (χ1) is 16.9. The lowest BCUT2D eigenvalue weighted by atomic mass is 9.77. The average molecular weight is 487 g/mol. The second-order valence-corrected chi connectivity index (χ2v) is 9.38. The van der Waals surface area contributed by atoms with Crippen molar-refractivity contribution in [3.63, 3.8) is 0 Å². The van der Waals surface area contributed by atoms with Crippen LogP contribution < -0.4 is 10.1 Å². The van der Waals surface area contributed by atoms with Gasteiger partial charge in [0.25, 0.3) is 0 Å². The first-order valence-corrected chi connectivity index (χ1v) is 12.7. The van der Waals surface area contributed by atoms with Crippen LogP contribution in [0.15, 0.2) is 35.9 Å². The largest absolute Gasteiger partial charge is 0.486 e. The van der Waals surface area contributed by atoms with Crippen molar-refractivity contribution < 1.29 is 29.3 Å². The number of fused-ring (bicyclic) bond motifs is 3. The zero-order valence-corrected chi connectivity index (χ0v) is 20.7. The number of amides is 2. The van der Waals surface area contributed by atoms with Gasteiger partial charge < -0.3 is 30.0 Å². The summed E-state index contributed by atoms with van der Waals surface area (Å²) in [4.78, 5) is 39.5. The van der Waals surface area contributed by atoms with Gasteiger partial charge in [-0.3, -0.25) is 9.59 Å². The summed E-state index contributed by atoms with van der Waals surface area (Å²) in [7, 11) is 0. The molecule has 0 bridgehead atoms. The number of hydrogen-bond donors (Lipinski definition) is 3. The fourth-order valence-corrected chi connectivity index (χ4v) is 4.97. The number of carbonyl (C=O) groups excluding carboxylic acids is 3. The molecule has 1 aromatic rings. The van der Waals surface area contributed by atoms with Gasteiger partial charge in [0, 0.05) is 37.1 Å². The molecular formula is C27H38N2O6. The molecule has 8 heteroatoms. The predicted octanol–water partition coefficient (Wildman–Crippen LogP) is 2.48. The zero-order chi connectivity index (χ0) is 25.4. The van der Waals surface area contributed by atoms with E-state index in [-0.39, 0.29) is 37.2 Å². The molecule has 0 saturated carbocycles. The summed E-state index contributed by atoms with van der Waals surface area (Å²) < 4.78 is 6.12. The van der Waals surface area contributed by atoms with Gasteiger partial charge in [-0.25, -0.2) is 0 Å². The van der Waals surface area contributed by atoms with Gasteiger partial charge in [-0.2, -0.15) is 0 Å². The van der Waals surface area contributed by atoms with Crippen LogP contribution in [0.25, 0.3) is 0 Å². The fourth-order valence-electron chi connectivity index (χ4n) is 4.97. The second-order valence-electron chi connectivity index (χ2n) is 9.38. The Hall–Kier alpha value is -2.71. The van der Waals surface area contributed by atoms with Gasteiger partial charge in [0.2, 0.25) is 11.8 Å². The van der Waals surface area contributed by atoms with E-state index in [1.807, 2.05) is 24.3 Å². The highest BCUT2D eigenvalue weighted by atomic mass is 16.5. The minimum Gasteiger partial charge on any atom is -0.486 e. The number of hydrogen-bond acceptors (Lipinski definition) is 6. The molecule has 3 N–H and O–H groups in total. The molecule has 4 atom stereocenters. The molecule has 0 radical (unpaired) electrons. The van der Waals surface area contributed by atoms with Crippen molar-refractivity contribution in [3.05, 3.63) is 41.5 Å². The number of ether oxygens (including phenoxy) is 1. The van der Waals surface area contributed by atoms with Gasteiger partial charge in [0.15, 0.2) is 0 Å². The van der Waals surface area contributed by atoms with Gasteiger partial charge in [0.1, 0.15) is 23.7 Å². The predicted molar refractivity (Wildman–Crippen MR) is 132 cm³/mol. The van der Waals surface area contributed by atoms with E-state index in [9.17, 15) is 24.6 Å². The third-order valence-electron chi connectivity index (χ3n) is 6.73. The number of aliphatic hydroxyl groups is 2. The summed E-state index contributed by atoms with van der Waals surface area (Å²) in [5, 5.41) is 23.4. The van der Waals surface area contributed by atoms with E-state index in [2.05, 4.69) is 12.2 Å². The molecule has 2 amide bonds. The number of rotatable bonds is 13. The van der Waals surface area contributed by atoms with Crippen molar-refractivity contribution in [2.24, 2.45) is 0 Å². The lowest BCUT2D eigenvalue weighted by molar-refractivity contribution is -0.137. The second kappa shape index (κ2) is 12.8. The van der Waals surface area contributed by atoms with E-state index in [1.165, 1.54) is 6.92 Å². The van der Waals surface area contributed by atoms with Gasteiger partial charge in [-0.15, -0.1) is 0 Å². The van der Waals surface area contributed by atoms with Crippen molar-refractivity contribution in [3.8, 4) is 5.75 Å². The van der Waals surface area contributed by atoms with Crippen molar-refractivity contribution in [1.29, 1.82) is 0 Å². The maximum atomic E-state index is 13.3. The number of Topliss-reactive ketones (excluding diaryl/α,β-unsaturated/α-hetero) is 1. The summed E-state index contributed by atoms with van der Waals surface area (Å²) in [5.74, 6) is -0.308. The molecule has 3 rings (SSSR count). The third-order valence-corrected chi connectivity index (χ3v) is 6.73. The van der Waals surface area contributed by atoms with Gasteiger partial charge in [-0.05, 0) is 31.9 Å². The molecule has 1 aromatic carbocycles. The minimum atomic E-state index is -1.02. The van der Waals surface area contributed by atoms with Crippen molar-refractivity contribution in [1.82, 2.24) is 10.2 Å². The van der Waals surface area contributed by atoms with E-state index in [0.717, 1.165) is 31.2 Å². The Kier molecular flexibility index (Phi) is 9.86. The topological polar surface area (TPSA) is 116 Å². The van der Waals surface area contributed by atoms with Crippen LogP contribution in [-0.4, -0.2) is 70.7 Å². The van der Waals surface area contributed by atoms with Crippen molar-refractivity contribution >= 4 is 17.6 Å². The molecular weight excluding hydrogens is 448 g/mol. The van der Waals surface area contributed by atoms with Gasteiger partial charge >= 0.3 is 0 Å². The normalized spacial score (nSPS) is 22.5. The zero-order valence-electron chi connectivity index (χ0n) is 20.7. The van der Waals surface area contributed by atoms with E-state index in [0.29, 0.717) is 30.7 Å². The van der Waals surface area contributed by atoms with E-state index in [1.54, 1.807) is 11.0 Å². The number of para-hydroxylation sites is 1. The molecule has 2 aliphatic rings. The van der Waals surface area contributed by atoms with Crippen LogP contribution in [0.2, 0.25) is 0 Å². The number of ketones is 1. The number of aliphatic hydroxyl groups excluding tert-OH is 2. The highest BCUT2D eigenvalue weighted by molar-refractivity contribution is 5.96. The molecule has 0 fully saturated rings. The number of nitrogens with one attached hydrogen (secondary N) is 1. The standard InChI is InChI=1S/C27H38N2O6/c1-3-4-5-8-15-29(23(32)13-9-10-18(2)31)21-17-20(27(34)28-14-16-30)24-19-11-6-7-12-22(19)35-26(24)25(21)33/h6-7,11-12,17,21,24-26,30,33H,3-5,8-10,13-16H2,1-2H3,(H,28,34). The molecule has 192 valence electrons. The van der Waals surface area contributed by atoms with E-state index in [4.69, 9.17) is 4.74 Å². The van der Waals surface area contributed by atoms with Crippen LogP contribution in [0.4, 0.5) is 0 Å². The maximum absolute atomic E-state index is 13.3. The molecule has 1 aliphatic carbocycles. The number of benzene rings is 1. The highest BCUT2D eigenvalue weighted by Gasteiger charge is 2.50. The summed E-state index contributed by atoms with van der Waals surface area (Å²) in [6, 6.07) is 6.68. The smallest absolute Gasteiger partial charge is 0.247 e. The monoisotopic (exact) mass is 486 g/mol. The Morgan fingerprint density at radius 2 is 1.86 bits per heavy atom. The maximum Gasteiger partial charge on any atom is 0.247 e. The molecule has 1 aliphatic heterocycles. The van der Waals surface area contributed by atoms with Crippen LogP contribution >= 0.6 is 0 Å². The Morgan fingerprint density at radius 1 is 1.09 bits per heavy atom. The quantitative estimate of drug-likeness (QED) is 0.369. The fraction of sp³-hybridized carbons (Fsp3) is 0.593. The Labute approximate surface area is 207 Å². The van der Waals surface area contributed by atoms with Gasteiger partial charge in [0.05, 0.1) is 18.6 Å². The SMILES string of the molecule is CCCCCCN(C(=O)CCCC(C)=O)C1C=C(C(=O)NCCO)C2c3ccccc3OC2C1O. The molecule has 1 heterocycles. The van der Waals surface area contributed by atoms with Crippen LogP contribution in [0.3, 0.4) is 0 Å². The summed E-state index contributed by atoms with van der Waals surface area (Å²) in [6.07, 6.45) is 4.79. The number of nitrogens with zero attached hydrogens (tertiary/aromatic N) is 1. The lowest BCUT2D eigenvalue weighted by Crippen LogP contribution is -2.56. The molecule has 8 nitrogen and oxygen atoms in total. The van der Waals surface area contributed by atoms with E-state index >= 15 is 0 Å². The molecule has 4 unspecified atom stereocenters.